The molecule has 9 atom stereocenters. The number of carbonyl (C=O) groups excluding carboxylic acids is 3. The maximum atomic E-state index is 12.9. The Hall–Kier alpha value is -1.67. The van der Waals surface area contributed by atoms with Gasteiger partial charge in [-0.3, -0.25) is 14.4 Å². The normalized spacial score (nSPS) is 44.9. The van der Waals surface area contributed by atoms with E-state index in [1.807, 2.05) is 13.8 Å². The number of esters is 3. The highest BCUT2D eigenvalue weighted by Gasteiger charge is 2.67. The number of ether oxygens (including phenoxy) is 3. The minimum absolute atomic E-state index is 0.0119. The zero-order valence-corrected chi connectivity index (χ0v) is 18.9. The highest BCUT2D eigenvalue weighted by molar-refractivity contribution is 5.76. The molecule has 0 aromatic rings. The minimum Gasteiger partial charge on any atom is -0.462 e. The summed E-state index contributed by atoms with van der Waals surface area (Å²) >= 11 is 0. The van der Waals surface area contributed by atoms with E-state index in [1.54, 1.807) is 0 Å². The average molecular weight is 438 g/mol. The van der Waals surface area contributed by atoms with E-state index in [2.05, 4.69) is 4.90 Å². The summed E-state index contributed by atoms with van der Waals surface area (Å²) in [5.74, 6) is -2.00. The molecule has 0 spiro atoms. The summed E-state index contributed by atoms with van der Waals surface area (Å²) < 4.78 is 17.4. The van der Waals surface area contributed by atoms with Gasteiger partial charge in [0.05, 0.1) is 12.0 Å². The van der Waals surface area contributed by atoms with E-state index in [0.29, 0.717) is 19.4 Å². The third-order valence-corrected chi connectivity index (χ3v) is 8.20. The largest absolute Gasteiger partial charge is 0.462 e. The second kappa shape index (κ2) is 8.35. The Labute approximate surface area is 183 Å². The van der Waals surface area contributed by atoms with Crippen LogP contribution in [0.1, 0.15) is 53.4 Å². The van der Waals surface area contributed by atoms with Crippen molar-refractivity contribution in [1.82, 2.24) is 4.90 Å². The third-order valence-electron chi connectivity index (χ3n) is 8.20. The van der Waals surface area contributed by atoms with Gasteiger partial charge in [-0.2, -0.15) is 0 Å². The first kappa shape index (κ1) is 22.5. The van der Waals surface area contributed by atoms with E-state index >= 15 is 0 Å². The minimum atomic E-state index is -0.845. The van der Waals surface area contributed by atoms with Crippen molar-refractivity contribution >= 4 is 17.9 Å². The number of fused-ring (bicyclic) bond motifs is 2. The maximum absolute atomic E-state index is 12.9. The van der Waals surface area contributed by atoms with Crippen molar-refractivity contribution in [3.63, 3.8) is 0 Å². The van der Waals surface area contributed by atoms with Crippen molar-refractivity contribution in [3.8, 4) is 0 Å². The quantitative estimate of drug-likeness (QED) is 0.522. The van der Waals surface area contributed by atoms with Gasteiger partial charge in [0.15, 0.2) is 0 Å². The molecule has 2 aliphatic heterocycles. The number of carbonyl (C=O) groups is 3. The SMILES string of the molecule is CC(=O)OC1CC(O)C2(C)C(OC(C)=O)C3C(CC(C)C12)OC(=O)C3CN1CCCC1. The first-order chi connectivity index (χ1) is 14.6. The molecule has 2 saturated heterocycles. The van der Waals surface area contributed by atoms with Crippen LogP contribution in [0.4, 0.5) is 0 Å². The lowest BCUT2D eigenvalue weighted by molar-refractivity contribution is -0.174. The van der Waals surface area contributed by atoms with Gasteiger partial charge in [0.1, 0.15) is 18.3 Å². The monoisotopic (exact) mass is 437 g/mol. The van der Waals surface area contributed by atoms with Crippen molar-refractivity contribution in [2.24, 2.45) is 29.1 Å². The van der Waals surface area contributed by atoms with Gasteiger partial charge in [-0.25, -0.2) is 0 Å². The Balaban J connectivity index is 1.74. The van der Waals surface area contributed by atoms with Crippen molar-refractivity contribution in [3.05, 3.63) is 0 Å². The molecule has 8 heteroatoms. The van der Waals surface area contributed by atoms with Crippen LogP contribution < -0.4 is 0 Å². The molecule has 0 aromatic carbocycles. The lowest BCUT2D eigenvalue weighted by atomic mass is 9.66. The summed E-state index contributed by atoms with van der Waals surface area (Å²) in [6, 6.07) is 0. The zero-order valence-electron chi connectivity index (χ0n) is 18.9. The van der Waals surface area contributed by atoms with Gasteiger partial charge in [0.25, 0.3) is 0 Å². The molecule has 0 bridgehead atoms. The molecule has 31 heavy (non-hydrogen) atoms. The third kappa shape index (κ3) is 3.86. The standard InChI is InChI=1S/C23H35NO7/c1-12-9-16-19(15(22(28)31-16)11-24-7-5-6-8-24)21(30-14(3)26)23(4)18(27)10-17(20(12)23)29-13(2)25/h12,15-21,27H,5-11H2,1-4H3. The number of rotatable bonds is 4. The van der Waals surface area contributed by atoms with Crippen LogP contribution in [0.2, 0.25) is 0 Å². The number of nitrogens with zero attached hydrogens (tertiary/aromatic N) is 1. The lowest BCUT2D eigenvalue weighted by Gasteiger charge is -2.44. The molecule has 4 fully saturated rings. The van der Waals surface area contributed by atoms with Gasteiger partial charge in [0.2, 0.25) is 0 Å². The number of aliphatic hydroxyl groups is 1. The molecule has 4 aliphatic rings. The fraction of sp³-hybridized carbons (Fsp3) is 0.870. The van der Waals surface area contributed by atoms with Crippen LogP contribution in [0.5, 0.6) is 0 Å². The lowest BCUT2D eigenvalue weighted by Crippen LogP contribution is -2.53. The molecule has 2 saturated carbocycles. The molecule has 1 N–H and O–H groups in total. The molecule has 0 radical (unpaired) electrons. The summed E-state index contributed by atoms with van der Waals surface area (Å²) in [7, 11) is 0. The number of hydrogen-bond acceptors (Lipinski definition) is 8. The van der Waals surface area contributed by atoms with Gasteiger partial charge in [-0.15, -0.1) is 0 Å². The second-order valence-corrected chi connectivity index (χ2v) is 10.2. The number of likely N-dealkylation sites (tertiary alicyclic amines) is 1. The van der Waals surface area contributed by atoms with E-state index in [0.717, 1.165) is 25.9 Å². The Morgan fingerprint density at radius 1 is 1.16 bits per heavy atom. The van der Waals surface area contributed by atoms with Crippen LogP contribution in [0, 0.1) is 29.1 Å². The summed E-state index contributed by atoms with van der Waals surface area (Å²) in [5.41, 5.74) is -0.845. The number of aliphatic hydroxyl groups excluding tert-OH is 1. The zero-order chi connectivity index (χ0) is 22.5. The Kier molecular flexibility index (Phi) is 6.07. The summed E-state index contributed by atoms with van der Waals surface area (Å²) in [6.07, 6.45) is 0.756. The fourth-order valence-electron chi connectivity index (χ4n) is 7.03. The van der Waals surface area contributed by atoms with E-state index in [4.69, 9.17) is 14.2 Å². The highest BCUT2D eigenvalue weighted by Crippen LogP contribution is 2.59. The van der Waals surface area contributed by atoms with Crippen molar-refractivity contribution < 1.29 is 33.7 Å². The predicted molar refractivity (Wildman–Crippen MR) is 110 cm³/mol. The van der Waals surface area contributed by atoms with Crippen LogP contribution in [0.25, 0.3) is 0 Å². The smallest absolute Gasteiger partial charge is 0.311 e. The summed E-state index contributed by atoms with van der Waals surface area (Å²) in [6.45, 7) is 9.19. The molecule has 2 aliphatic carbocycles. The van der Waals surface area contributed by atoms with Gasteiger partial charge >= 0.3 is 17.9 Å². The summed E-state index contributed by atoms with van der Waals surface area (Å²) in [4.78, 5) is 39.2. The van der Waals surface area contributed by atoms with E-state index in [1.165, 1.54) is 13.8 Å². The average Bonchev–Trinajstić information content (AvgIpc) is 3.31. The van der Waals surface area contributed by atoms with E-state index < -0.39 is 35.6 Å². The first-order valence-electron chi connectivity index (χ1n) is 11.6. The van der Waals surface area contributed by atoms with E-state index in [9.17, 15) is 19.5 Å². The molecule has 4 rings (SSSR count). The maximum Gasteiger partial charge on any atom is 0.311 e. The Bertz CT molecular complexity index is 735. The molecular weight excluding hydrogens is 402 g/mol. The van der Waals surface area contributed by atoms with Gasteiger partial charge < -0.3 is 24.2 Å². The van der Waals surface area contributed by atoms with Crippen LogP contribution in [0.15, 0.2) is 0 Å². The molecule has 0 aromatic heterocycles. The molecular formula is C23H35NO7. The predicted octanol–water partition coefficient (Wildman–Crippen LogP) is 1.53. The van der Waals surface area contributed by atoms with Crippen LogP contribution in [-0.2, 0) is 28.6 Å². The van der Waals surface area contributed by atoms with Crippen LogP contribution >= 0.6 is 0 Å². The Morgan fingerprint density at radius 2 is 1.81 bits per heavy atom. The van der Waals surface area contributed by atoms with Crippen molar-refractivity contribution in [2.75, 3.05) is 19.6 Å². The fourth-order valence-corrected chi connectivity index (χ4v) is 7.03. The van der Waals surface area contributed by atoms with Crippen molar-refractivity contribution in [2.45, 2.75) is 77.8 Å². The van der Waals surface area contributed by atoms with Crippen LogP contribution in [0.3, 0.4) is 0 Å². The highest BCUT2D eigenvalue weighted by atomic mass is 16.6. The first-order valence-corrected chi connectivity index (χ1v) is 11.6. The van der Waals surface area contributed by atoms with Gasteiger partial charge in [0, 0.05) is 44.1 Å². The molecule has 2 heterocycles. The number of hydrogen-bond donors (Lipinski definition) is 1. The Morgan fingerprint density at radius 3 is 2.42 bits per heavy atom. The second-order valence-electron chi connectivity index (χ2n) is 10.2. The van der Waals surface area contributed by atoms with Crippen LogP contribution in [-0.4, -0.2) is 72.0 Å². The van der Waals surface area contributed by atoms with Crippen molar-refractivity contribution in [1.29, 1.82) is 0 Å². The van der Waals surface area contributed by atoms with E-state index in [-0.39, 0.29) is 35.8 Å². The molecule has 8 nitrogen and oxygen atoms in total. The summed E-state index contributed by atoms with van der Waals surface area (Å²) in [5, 5.41) is 11.2. The molecule has 0 amide bonds. The van der Waals surface area contributed by atoms with Gasteiger partial charge in [-0.05, 0) is 38.3 Å². The topological polar surface area (TPSA) is 102 Å². The molecule has 9 unspecified atom stereocenters. The van der Waals surface area contributed by atoms with Gasteiger partial charge in [-0.1, -0.05) is 13.8 Å². The molecule has 174 valence electrons.